The molecule has 0 bridgehead atoms. The van der Waals surface area contributed by atoms with Gasteiger partial charge in [-0.05, 0) is 31.2 Å². The topological polar surface area (TPSA) is 95.3 Å². The first-order valence-corrected chi connectivity index (χ1v) is 8.53. The molecule has 0 atom stereocenters. The Morgan fingerprint density at radius 3 is 2.57 bits per heavy atom. The molecule has 28 heavy (non-hydrogen) atoms. The molecule has 2 heterocycles. The molecular weight excluding hydrogens is 360 g/mol. The van der Waals surface area contributed by atoms with Crippen LogP contribution in [0.15, 0.2) is 53.5 Å². The van der Waals surface area contributed by atoms with Gasteiger partial charge in [-0.2, -0.15) is 0 Å². The zero-order valence-corrected chi connectivity index (χ0v) is 15.8. The quantitative estimate of drug-likeness (QED) is 0.705. The fourth-order valence-corrected chi connectivity index (χ4v) is 2.70. The highest BCUT2D eigenvalue weighted by Crippen LogP contribution is 2.28. The molecular formula is C20H20N4O4. The minimum atomic E-state index is -0.385. The number of nitrogens with one attached hydrogen (secondary N) is 1. The molecule has 0 fully saturated rings. The summed E-state index contributed by atoms with van der Waals surface area (Å²) in [6.45, 7) is 1.49. The van der Waals surface area contributed by atoms with E-state index in [0.29, 0.717) is 34.4 Å². The fourth-order valence-electron chi connectivity index (χ4n) is 2.70. The van der Waals surface area contributed by atoms with Crippen molar-refractivity contribution < 1.29 is 14.3 Å². The molecule has 3 aromatic rings. The molecule has 8 heteroatoms. The zero-order valence-electron chi connectivity index (χ0n) is 15.8. The Morgan fingerprint density at radius 2 is 1.93 bits per heavy atom. The second-order valence-electron chi connectivity index (χ2n) is 5.94. The molecule has 1 amide bonds. The van der Waals surface area contributed by atoms with Gasteiger partial charge in [0.25, 0.3) is 5.56 Å². The van der Waals surface area contributed by atoms with Gasteiger partial charge in [0.05, 0.1) is 31.3 Å². The van der Waals surface area contributed by atoms with Crippen LogP contribution in [0.4, 0.5) is 5.69 Å². The van der Waals surface area contributed by atoms with Gasteiger partial charge >= 0.3 is 0 Å². The lowest BCUT2D eigenvalue weighted by Crippen LogP contribution is -2.30. The Hall–Kier alpha value is -3.68. The summed E-state index contributed by atoms with van der Waals surface area (Å²) in [5, 5.41) is 2.74. The van der Waals surface area contributed by atoms with Crippen molar-refractivity contribution in [1.82, 2.24) is 14.5 Å². The standard InChI is InChI=1S/C20H20N4O4/c1-13-22-16(15-6-4-5-9-21-15)11-20(26)24(13)12-19(25)23-17-10-14(27-2)7-8-18(17)28-3/h4-11H,12H2,1-3H3,(H,23,25). The van der Waals surface area contributed by atoms with E-state index in [0.717, 1.165) is 0 Å². The van der Waals surface area contributed by atoms with E-state index in [1.807, 2.05) is 6.07 Å². The van der Waals surface area contributed by atoms with Gasteiger partial charge in [0.15, 0.2) is 0 Å². The van der Waals surface area contributed by atoms with Gasteiger partial charge in [-0.25, -0.2) is 4.98 Å². The third kappa shape index (κ3) is 4.17. The first kappa shape index (κ1) is 19.1. The smallest absolute Gasteiger partial charge is 0.254 e. The molecule has 0 aliphatic carbocycles. The molecule has 1 aromatic carbocycles. The molecule has 0 saturated heterocycles. The molecule has 0 aliphatic heterocycles. The van der Waals surface area contributed by atoms with Gasteiger partial charge in [0, 0.05) is 18.3 Å². The zero-order chi connectivity index (χ0) is 20.1. The van der Waals surface area contributed by atoms with Crippen LogP contribution in [0.25, 0.3) is 11.4 Å². The Morgan fingerprint density at radius 1 is 1.11 bits per heavy atom. The first-order valence-electron chi connectivity index (χ1n) is 8.53. The van der Waals surface area contributed by atoms with Crippen molar-refractivity contribution in [1.29, 1.82) is 0 Å². The summed E-state index contributed by atoms with van der Waals surface area (Å²) in [5.41, 5.74) is 1.19. The number of amides is 1. The highest BCUT2D eigenvalue weighted by Gasteiger charge is 2.13. The van der Waals surface area contributed by atoms with Crippen molar-refractivity contribution in [3.05, 3.63) is 64.8 Å². The molecule has 0 aliphatic rings. The minimum Gasteiger partial charge on any atom is -0.497 e. The van der Waals surface area contributed by atoms with Crippen LogP contribution in [-0.4, -0.2) is 34.7 Å². The van der Waals surface area contributed by atoms with E-state index < -0.39 is 0 Å². The molecule has 3 rings (SSSR count). The van der Waals surface area contributed by atoms with E-state index in [1.54, 1.807) is 43.5 Å². The van der Waals surface area contributed by atoms with Crippen molar-refractivity contribution >= 4 is 11.6 Å². The summed E-state index contributed by atoms with van der Waals surface area (Å²) >= 11 is 0. The van der Waals surface area contributed by atoms with Crippen LogP contribution < -0.4 is 20.3 Å². The average molecular weight is 380 g/mol. The summed E-state index contributed by atoms with van der Waals surface area (Å²) < 4.78 is 11.7. The number of carbonyl (C=O) groups excluding carboxylic acids is 1. The maximum atomic E-state index is 12.5. The third-order valence-electron chi connectivity index (χ3n) is 4.11. The predicted octanol–water partition coefficient (Wildman–Crippen LogP) is 2.27. The van der Waals surface area contributed by atoms with Gasteiger partial charge in [-0.15, -0.1) is 0 Å². The number of aromatic nitrogens is 3. The van der Waals surface area contributed by atoms with Gasteiger partial charge in [0.1, 0.15) is 23.9 Å². The van der Waals surface area contributed by atoms with Crippen molar-refractivity contribution in [3.8, 4) is 22.9 Å². The third-order valence-corrected chi connectivity index (χ3v) is 4.11. The summed E-state index contributed by atoms with van der Waals surface area (Å²) in [7, 11) is 3.04. The van der Waals surface area contributed by atoms with Crippen LogP contribution in [0.2, 0.25) is 0 Å². The van der Waals surface area contributed by atoms with Crippen molar-refractivity contribution in [2.45, 2.75) is 13.5 Å². The van der Waals surface area contributed by atoms with Crippen LogP contribution in [-0.2, 0) is 11.3 Å². The Labute approximate surface area is 161 Å². The van der Waals surface area contributed by atoms with E-state index in [1.165, 1.54) is 24.9 Å². The number of anilines is 1. The minimum absolute atomic E-state index is 0.180. The van der Waals surface area contributed by atoms with E-state index in [9.17, 15) is 9.59 Å². The molecule has 0 unspecified atom stereocenters. The maximum absolute atomic E-state index is 12.5. The monoisotopic (exact) mass is 380 g/mol. The maximum Gasteiger partial charge on any atom is 0.254 e. The number of benzene rings is 1. The highest BCUT2D eigenvalue weighted by atomic mass is 16.5. The van der Waals surface area contributed by atoms with Crippen LogP contribution in [0.5, 0.6) is 11.5 Å². The molecule has 8 nitrogen and oxygen atoms in total. The Balaban J connectivity index is 1.82. The lowest BCUT2D eigenvalue weighted by Gasteiger charge is -2.13. The lowest BCUT2D eigenvalue weighted by molar-refractivity contribution is -0.116. The largest absolute Gasteiger partial charge is 0.497 e. The molecule has 144 valence electrons. The SMILES string of the molecule is COc1ccc(OC)c(NC(=O)Cn2c(C)nc(-c3ccccn3)cc2=O)c1. The van der Waals surface area contributed by atoms with Crippen LogP contribution in [0.1, 0.15) is 5.82 Å². The lowest BCUT2D eigenvalue weighted by atomic mass is 10.2. The summed E-state index contributed by atoms with van der Waals surface area (Å²) in [5.74, 6) is 1.10. The van der Waals surface area contributed by atoms with Crippen molar-refractivity contribution in [2.24, 2.45) is 0 Å². The number of ether oxygens (including phenoxy) is 2. The number of hydrogen-bond acceptors (Lipinski definition) is 6. The van der Waals surface area contributed by atoms with E-state index in [4.69, 9.17) is 9.47 Å². The van der Waals surface area contributed by atoms with E-state index >= 15 is 0 Å². The number of rotatable bonds is 6. The normalized spacial score (nSPS) is 10.4. The number of methoxy groups -OCH3 is 2. The molecule has 0 saturated carbocycles. The number of aryl methyl sites for hydroxylation is 1. The molecule has 2 aromatic heterocycles. The Bertz CT molecular complexity index is 1050. The van der Waals surface area contributed by atoms with Crippen molar-refractivity contribution in [3.63, 3.8) is 0 Å². The van der Waals surface area contributed by atoms with E-state index in [-0.39, 0.29) is 18.0 Å². The van der Waals surface area contributed by atoms with Gasteiger partial charge in [-0.1, -0.05) is 6.07 Å². The predicted molar refractivity (Wildman–Crippen MR) is 105 cm³/mol. The van der Waals surface area contributed by atoms with Crippen LogP contribution in [0, 0.1) is 6.92 Å². The van der Waals surface area contributed by atoms with Crippen LogP contribution >= 0.6 is 0 Å². The number of carbonyl (C=O) groups is 1. The molecule has 1 N–H and O–H groups in total. The van der Waals surface area contributed by atoms with Crippen LogP contribution in [0.3, 0.4) is 0 Å². The van der Waals surface area contributed by atoms with Gasteiger partial charge < -0.3 is 14.8 Å². The number of hydrogen-bond donors (Lipinski definition) is 1. The average Bonchev–Trinajstić information content (AvgIpc) is 2.71. The van der Waals surface area contributed by atoms with Crippen molar-refractivity contribution in [2.75, 3.05) is 19.5 Å². The number of nitrogens with zero attached hydrogens (tertiary/aromatic N) is 3. The first-order chi connectivity index (χ1) is 13.5. The molecule has 0 radical (unpaired) electrons. The van der Waals surface area contributed by atoms with Gasteiger partial charge in [-0.3, -0.25) is 19.1 Å². The fraction of sp³-hybridized carbons (Fsp3) is 0.200. The molecule has 0 spiro atoms. The number of pyridine rings is 1. The highest BCUT2D eigenvalue weighted by molar-refractivity contribution is 5.92. The second kappa shape index (κ2) is 8.34. The summed E-state index contributed by atoms with van der Waals surface area (Å²) in [6, 6.07) is 11.8. The summed E-state index contributed by atoms with van der Waals surface area (Å²) in [4.78, 5) is 33.6. The Kier molecular flexibility index (Phi) is 5.69. The van der Waals surface area contributed by atoms with Gasteiger partial charge in [0.2, 0.25) is 5.91 Å². The second-order valence-corrected chi connectivity index (χ2v) is 5.94. The van der Waals surface area contributed by atoms with E-state index in [2.05, 4.69) is 15.3 Å². The summed E-state index contributed by atoms with van der Waals surface area (Å²) in [6.07, 6.45) is 1.63.